The first-order valence-electron chi connectivity index (χ1n) is 8.19. The third kappa shape index (κ3) is 5.41. The maximum absolute atomic E-state index is 12.0. The van der Waals surface area contributed by atoms with Crippen LogP contribution in [0.5, 0.6) is 17.2 Å². The zero-order valence-corrected chi connectivity index (χ0v) is 14.7. The molecule has 0 heterocycles. The molecule has 2 N–H and O–H groups in total. The molecule has 0 unspecified atom stereocenters. The van der Waals surface area contributed by atoms with Crippen molar-refractivity contribution in [1.82, 2.24) is 0 Å². The molecule has 0 saturated heterocycles. The summed E-state index contributed by atoms with van der Waals surface area (Å²) in [5.74, 6) is -0.142. The quantitative estimate of drug-likeness (QED) is 0.704. The van der Waals surface area contributed by atoms with Crippen LogP contribution in [0.2, 0.25) is 0 Å². The Hall–Kier alpha value is -3.22. The molecule has 138 valence electrons. The Kier molecular flexibility index (Phi) is 6.84. The lowest BCUT2D eigenvalue weighted by Gasteiger charge is -2.13. The third-order valence-electron chi connectivity index (χ3n) is 3.24. The molecule has 0 aromatic heterocycles. The number of esters is 1. The van der Waals surface area contributed by atoms with Gasteiger partial charge in [-0.2, -0.15) is 0 Å². The van der Waals surface area contributed by atoms with E-state index in [-0.39, 0.29) is 11.3 Å². The van der Waals surface area contributed by atoms with Crippen LogP contribution in [0.4, 0.5) is 5.69 Å². The first-order chi connectivity index (χ1) is 12.5. The van der Waals surface area contributed by atoms with E-state index in [1.807, 2.05) is 13.8 Å². The van der Waals surface area contributed by atoms with Gasteiger partial charge in [-0.15, -0.1) is 0 Å². The Morgan fingerprint density at radius 3 is 2.42 bits per heavy atom. The van der Waals surface area contributed by atoms with Gasteiger partial charge in [-0.25, -0.2) is 4.79 Å². The normalized spacial score (nSPS) is 10.1. The van der Waals surface area contributed by atoms with Gasteiger partial charge in [0.15, 0.2) is 18.1 Å². The second kappa shape index (κ2) is 9.31. The van der Waals surface area contributed by atoms with Gasteiger partial charge in [0.2, 0.25) is 0 Å². The molecular formula is C19H21NO6. The number of ether oxygens (including phenoxy) is 3. The van der Waals surface area contributed by atoms with Crippen LogP contribution in [0.25, 0.3) is 0 Å². The molecule has 0 bridgehead atoms. The van der Waals surface area contributed by atoms with Crippen molar-refractivity contribution < 1.29 is 28.9 Å². The smallest absolute Gasteiger partial charge is 0.338 e. The molecule has 0 atom stereocenters. The average molecular weight is 359 g/mol. The Morgan fingerprint density at radius 1 is 1.00 bits per heavy atom. The van der Waals surface area contributed by atoms with E-state index in [4.69, 9.17) is 14.2 Å². The van der Waals surface area contributed by atoms with Crippen molar-refractivity contribution in [2.75, 3.05) is 25.1 Å². The zero-order chi connectivity index (χ0) is 18.9. The van der Waals surface area contributed by atoms with Gasteiger partial charge in [-0.05, 0) is 44.2 Å². The molecule has 1 amide bonds. The highest BCUT2D eigenvalue weighted by atomic mass is 16.5. The minimum atomic E-state index is -0.697. The Labute approximate surface area is 151 Å². The number of hydrogen-bond donors (Lipinski definition) is 2. The zero-order valence-electron chi connectivity index (χ0n) is 14.7. The summed E-state index contributed by atoms with van der Waals surface area (Å²) in [6, 6.07) is 10.7. The number of phenols is 1. The number of carbonyl (C=O) groups is 2. The van der Waals surface area contributed by atoms with Crippen LogP contribution in [0.3, 0.4) is 0 Å². The number of anilines is 1. The monoisotopic (exact) mass is 359 g/mol. The van der Waals surface area contributed by atoms with Crippen LogP contribution in [-0.2, 0) is 9.53 Å². The van der Waals surface area contributed by atoms with Crippen molar-refractivity contribution in [3.05, 3.63) is 48.0 Å². The van der Waals surface area contributed by atoms with Gasteiger partial charge in [0.25, 0.3) is 5.91 Å². The van der Waals surface area contributed by atoms with E-state index in [0.717, 1.165) is 0 Å². The first kappa shape index (κ1) is 19.1. The van der Waals surface area contributed by atoms with Crippen molar-refractivity contribution in [3.63, 3.8) is 0 Å². The molecule has 0 aliphatic carbocycles. The van der Waals surface area contributed by atoms with Crippen molar-refractivity contribution in [3.8, 4) is 17.2 Å². The molecule has 26 heavy (non-hydrogen) atoms. The third-order valence-corrected chi connectivity index (χ3v) is 3.24. The molecule has 0 spiro atoms. The maximum atomic E-state index is 12.0. The minimum Gasteiger partial charge on any atom is -0.508 e. The topological polar surface area (TPSA) is 94.1 Å². The van der Waals surface area contributed by atoms with E-state index in [9.17, 15) is 14.7 Å². The molecule has 2 aromatic rings. The maximum Gasteiger partial charge on any atom is 0.338 e. The number of hydrogen-bond acceptors (Lipinski definition) is 6. The number of carbonyl (C=O) groups excluding carboxylic acids is 2. The van der Waals surface area contributed by atoms with Crippen LogP contribution in [0.1, 0.15) is 24.2 Å². The van der Waals surface area contributed by atoms with Crippen molar-refractivity contribution in [2.45, 2.75) is 13.8 Å². The fourth-order valence-corrected chi connectivity index (χ4v) is 2.17. The summed E-state index contributed by atoms with van der Waals surface area (Å²) >= 11 is 0. The number of benzene rings is 2. The summed E-state index contributed by atoms with van der Waals surface area (Å²) in [5.41, 5.74) is 0.660. The Morgan fingerprint density at radius 2 is 1.73 bits per heavy atom. The summed E-state index contributed by atoms with van der Waals surface area (Å²) < 4.78 is 15.9. The number of phenolic OH excluding ortho intramolecular Hbond substituents is 1. The van der Waals surface area contributed by atoms with Gasteiger partial charge < -0.3 is 24.6 Å². The highest BCUT2D eigenvalue weighted by Gasteiger charge is 2.12. The molecule has 0 fully saturated rings. The van der Waals surface area contributed by atoms with E-state index >= 15 is 0 Å². The van der Waals surface area contributed by atoms with Gasteiger partial charge in [0.1, 0.15) is 5.75 Å². The summed E-state index contributed by atoms with van der Waals surface area (Å²) in [6.45, 7) is 4.22. The van der Waals surface area contributed by atoms with Crippen LogP contribution in [0, 0.1) is 0 Å². The molecule has 0 radical (unpaired) electrons. The number of amides is 1. The van der Waals surface area contributed by atoms with E-state index in [1.165, 1.54) is 24.3 Å². The predicted molar refractivity (Wildman–Crippen MR) is 95.8 cm³/mol. The molecule has 0 saturated carbocycles. The second-order valence-electron chi connectivity index (χ2n) is 5.20. The minimum absolute atomic E-state index is 0.0539. The molecule has 2 rings (SSSR count). The van der Waals surface area contributed by atoms with Gasteiger partial charge in [-0.1, -0.05) is 6.07 Å². The van der Waals surface area contributed by atoms with Gasteiger partial charge in [-0.3, -0.25) is 4.79 Å². The lowest BCUT2D eigenvalue weighted by atomic mass is 10.2. The molecular weight excluding hydrogens is 338 g/mol. The highest BCUT2D eigenvalue weighted by molar-refractivity contribution is 5.95. The predicted octanol–water partition coefficient (Wildman–Crippen LogP) is 2.99. The van der Waals surface area contributed by atoms with Crippen molar-refractivity contribution in [2.24, 2.45) is 0 Å². The SMILES string of the molecule is CCOc1ccc(NC(=O)COC(=O)c2cccc(O)c2)cc1OCC. The van der Waals surface area contributed by atoms with E-state index < -0.39 is 18.5 Å². The van der Waals surface area contributed by atoms with Gasteiger partial charge in [0.05, 0.1) is 18.8 Å². The lowest BCUT2D eigenvalue weighted by Crippen LogP contribution is -2.21. The largest absolute Gasteiger partial charge is 0.508 e. The van der Waals surface area contributed by atoms with E-state index in [0.29, 0.717) is 30.4 Å². The number of rotatable bonds is 8. The molecule has 7 heteroatoms. The lowest BCUT2D eigenvalue weighted by molar-refractivity contribution is -0.119. The van der Waals surface area contributed by atoms with Crippen molar-refractivity contribution in [1.29, 1.82) is 0 Å². The fraction of sp³-hybridized carbons (Fsp3) is 0.263. The van der Waals surface area contributed by atoms with Crippen LogP contribution in [-0.4, -0.2) is 36.8 Å². The first-order valence-corrected chi connectivity index (χ1v) is 8.19. The van der Waals surface area contributed by atoms with E-state index in [2.05, 4.69) is 5.32 Å². The number of nitrogens with one attached hydrogen (secondary N) is 1. The standard InChI is InChI=1S/C19H21NO6/c1-3-24-16-9-8-14(11-17(16)25-4-2)20-18(22)12-26-19(23)13-6-5-7-15(21)10-13/h5-11,21H,3-4,12H2,1-2H3,(H,20,22). The van der Waals surface area contributed by atoms with Gasteiger partial charge in [0, 0.05) is 11.8 Å². The Bertz CT molecular complexity index is 774. The summed E-state index contributed by atoms with van der Waals surface area (Å²) in [7, 11) is 0. The Balaban J connectivity index is 1.94. The van der Waals surface area contributed by atoms with Crippen LogP contribution < -0.4 is 14.8 Å². The van der Waals surface area contributed by atoms with Crippen LogP contribution >= 0.6 is 0 Å². The van der Waals surface area contributed by atoms with E-state index in [1.54, 1.807) is 18.2 Å². The number of aromatic hydroxyl groups is 1. The summed E-state index contributed by atoms with van der Waals surface area (Å²) in [6.07, 6.45) is 0. The highest BCUT2D eigenvalue weighted by Crippen LogP contribution is 2.30. The van der Waals surface area contributed by atoms with Crippen molar-refractivity contribution >= 4 is 17.6 Å². The summed E-state index contributed by atoms with van der Waals surface area (Å²) in [4.78, 5) is 23.8. The second-order valence-corrected chi connectivity index (χ2v) is 5.20. The molecule has 2 aromatic carbocycles. The fourth-order valence-electron chi connectivity index (χ4n) is 2.17. The average Bonchev–Trinajstić information content (AvgIpc) is 2.62. The van der Waals surface area contributed by atoms with Gasteiger partial charge >= 0.3 is 5.97 Å². The molecule has 0 aliphatic rings. The molecule has 0 aliphatic heterocycles. The summed E-state index contributed by atoms with van der Waals surface area (Å²) in [5, 5.41) is 12.0. The molecule has 7 nitrogen and oxygen atoms in total. The van der Waals surface area contributed by atoms with Crippen LogP contribution in [0.15, 0.2) is 42.5 Å².